The Kier molecular flexibility index (Phi) is 5.29. The molecule has 20 heavy (non-hydrogen) atoms. The van der Waals surface area contributed by atoms with Crippen molar-refractivity contribution in [3.05, 3.63) is 21.6 Å². The second kappa shape index (κ2) is 6.44. The van der Waals surface area contributed by atoms with Gasteiger partial charge in [-0.05, 0) is 47.2 Å². The Morgan fingerprint density at radius 1 is 1.45 bits per heavy atom. The Hall–Kier alpha value is 0.0500. The molecule has 0 radical (unpaired) electrons. The first-order valence-corrected chi connectivity index (χ1v) is 10.1. The molecule has 2 unspecified atom stereocenters. The van der Waals surface area contributed by atoms with Crippen LogP contribution in [0.2, 0.25) is 5.02 Å². The van der Waals surface area contributed by atoms with Crippen LogP contribution in [0.25, 0.3) is 0 Å². The van der Waals surface area contributed by atoms with E-state index in [-0.39, 0.29) is 10.9 Å². The van der Waals surface area contributed by atoms with Gasteiger partial charge in [0.15, 0.2) is 0 Å². The lowest BCUT2D eigenvalue weighted by Crippen LogP contribution is -2.38. The third kappa shape index (κ3) is 3.44. The highest BCUT2D eigenvalue weighted by Crippen LogP contribution is 2.34. The molecule has 1 aliphatic carbocycles. The largest absolute Gasteiger partial charge is 0.398 e. The Morgan fingerprint density at radius 2 is 2.15 bits per heavy atom. The van der Waals surface area contributed by atoms with Crippen LogP contribution in [0.5, 0.6) is 0 Å². The number of hydrogen-bond donors (Lipinski definition) is 2. The SMILES string of the molecule is CSC1CCCC1NS(=O)(=O)c1cc(Cl)cc(N)c1Br. The minimum atomic E-state index is -3.64. The number of sulfonamides is 1. The summed E-state index contributed by atoms with van der Waals surface area (Å²) in [5.74, 6) is 0. The predicted molar refractivity (Wildman–Crippen MR) is 88.8 cm³/mol. The van der Waals surface area contributed by atoms with Gasteiger partial charge in [-0.3, -0.25) is 0 Å². The van der Waals surface area contributed by atoms with E-state index < -0.39 is 10.0 Å². The molecule has 2 atom stereocenters. The molecule has 0 aromatic heterocycles. The van der Waals surface area contributed by atoms with Crippen molar-refractivity contribution in [1.29, 1.82) is 0 Å². The average Bonchev–Trinajstić information content (AvgIpc) is 2.80. The number of thioether (sulfide) groups is 1. The van der Waals surface area contributed by atoms with Crippen LogP contribution in [-0.4, -0.2) is 26.0 Å². The van der Waals surface area contributed by atoms with E-state index in [0.717, 1.165) is 19.3 Å². The van der Waals surface area contributed by atoms with E-state index in [1.54, 1.807) is 11.8 Å². The predicted octanol–water partition coefficient (Wildman–Crippen LogP) is 3.25. The molecule has 1 saturated carbocycles. The van der Waals surface area contributed by atoms with Crippen molar-refractivity contribution < 1.29 is 8.42 Å². The van der Waals surface area contributed by atoms with Crippen LogP contribution < -0.4 is 10.5 Å². The number of halogens is 2. The maximum absolute atomic E-state index is 12.5. The summed E-state index contributed by atoms with van der Waals surface area (Å²) >= 11 is 10.8. The van der Waals surface area contributed by atoms with Gasteiger partial charge in [0.2, 0.25) is 10.0 Å². The summed E-state index contributed by atoms with van der Waals surface area (Å²) in [6.45, 7) is 0. The van der Waals surface area contributed by atoms with Crippen molar-refractivity contribution in [2.45, 2.75) is 35.4 Å². The summed E-state index contributed by atoms with van der Waals surface area (Å²) in [7, 11) is -3.64. The summed E-state index contributed by atoms with van der Waals surface area (Å²) in [6.07, 6.45) is 4.94. The summed E-state index contributed by atoms with van der Waals surface area (Å²) in [5, 5.41) is 0.624. The van der Waals surface area contributed by atoms with Gasteiger partial charge in [-0.15, -0.1) is 0 Å². The summed E-state index contributed by atoms with van der Waals surface area (Å²) in [4.78, 5) is 0.0919. The second-order valence-corrected chi connectivity index (χ2v) is 8.73. The molecule has 0 spiro atoms. The van der Waals surface area contributed by atoms with Crippen molar-refractivity contribution in [2.75, 3.05) is 12.0 Å². The fourth-order valence-corrected chi connectivity index (χ4v) is 6.01. The van der Waals surface area contributed by atoms with E-state index in [1.165, 1.54) is 12.1 Å². The molecule has 0 aliphatic heterocycles. The Morgan fingerprint density at radius 3 is 2.80 bits per heavy atom. The van der Waals surface area contributed by atoms with Gasteiger partial charge in [0, 0.05) is 22.0 Å². The monoisotopic (exact) mass is 398 g/mol. The van der Waals surface area contributed by atoms with Crippen molar-refractivity contribution in [2.24, 2.45) is 0 Å². The minimum absolute atomic E-state index is 0.0397. The number of nitrogen functional groups attached to an aromatic ring is 1. The van der Waals surface area contributed by atoms with Gasteiger partial charge in [0.05, 0.1) is 9.37 Å². The van der Waals surface area contributed by atoms with Crippen LogP contribution in [0.1, 0.15) is 19.3 Å². The highest BCUT2D eigenvalue weighted by Gasteiger charge is 2.31. The highest BCUT2D eigenvalue weighted by atomic mass is 79.9. The van der Waals surface area contributed by atoms with E-state index in [2.05, 4.69) is 20.7 Å². The smallest absolute Gasteiger partial charge is 0.242 e. The molecule has 1 aliphatic rings. The van der Waals surface area contributed by atoms with E-state index in [0.29, 0.717) is 20.4 Å². The lowest BCUT2D eigenvalue weighted by atomic mass is 10.3. The summed E-state index contributed by atoms with van der Waals surface area (Å²) in [6, 6.07) is 2.89. The number of anilines is 1. The molecule has 112 valence electrons. The van der Waals surface area contributed by atoms with Crippen molar-refractivity contribution in [1.82, 2.24) is 4.72 Å². The van der Waals surface area contributed by atoms with Crippen LogP contribution in [-0.2, 0) is 10.0 Å². The number of nitrogens with one attached hydrogen (secondary N) is 1. The van der Waals surface area contributed by atoms with E-state index in [9.17, 15) is 8.42 Å². The lowest BCUT2D eigenvalue weighted by molar-refractivity contribution is 0.555. The summed E-state index contributed by atoms with van der Waals surface area (Å²) < 4.78 is 28.2. The van der Waals surface area contributed by atoms with Gasteiger partial charge in [0.1, 0.15) is 0 Å². The third-order valence-electron chi connectivity index (χ3n) is 3.38. The van der Waals surface area contributed by atoms with Gasteiger partial charge in [0.25, 0.3) is 0 Å². The highest BCUT2D eigenvalue weighted by molar-refractivity contribution is 9.10. The summed E-state index contributed by atoms with van der Waals surface area (Å²) in [5.41, 5.74) is 6.06. The molecule has 0 heterocycles. The topological polar surface area (TPSA) is 72.2 Å². The van der Waals surface area contributed by atoms with Crippen LogP contribution in [0.3, 0.4) is 0 Å². The fraction of sp³-hybridized carbons (Fsp3) is 0.500. The zero-order valence-electron chi connectivity index (χ0n) is 10.9. The van der Waals surface area contributed by atoms with Crippen LogP contribution in [0, 0.1) is 0 Å². The standard InChI is InChI=1S/C12H16BrClN2O2S2/c1-19-10-4-2-3-9(10)16-20(17,18)11-6-7(14)5-8(15)12(11)13/h5-6,9-10,16H,2-4,15H2,1H3. The van der Waals surface area contributed by atoms with Gasteiger partial charge >= 0.3 is 0 Å². The van der Waals surface area contributed by atoms with E-state index >= 15 is 0 Å². The zero-order chi connectivity index (χ0) is 14.9. The van der Waals surface area contributed by atoms with E-state index in [1.807, 2.05) is 6.26 Å². The molecule has 3 N–H and O–H groups in total. The minimum Gasteiger partial charge on any atom is -0.398 e. The molecule has 1 aromatic rings. The molecule has 0 amide bonds. The quantitative estimate of drug-likeness (QED) is 0.762. The van der Waals surface area contributed by atoms with Crippen molar-refractivity contribution in [3.8, 4) is 0 Å². The molecule has 1 fully saturated rings. The van der Waals surface area contributed by atoms with E-state index in [4.69, 9.17) is 17.3 Å². The lowest BCUT2D eigenvalue weighted by Gasteiger charge is -2.20. The van der Waals surface area contributed by atoms with Crippen LogP contribution in [0.15, 0.2) is 21.5 Å². The van der Waals surface area contributed by atoms with Crippen molar-refractivity contribution in [3.63, 3.8) is 0 Å². The molecular weight excluding hydrogens is 384 g/mol. The van der Waals surface area contributed by atoms with Gasteiger partial charge in [-0.25, -0.2) is 13.1 Å². The first-order chi connectivity index (χ1) is 9.35. The first kappa shape index (κ1) is 16.4. The number of benzene rings is 1. The molecule has 4 nitrogen and oxygen atoms in total. The molecule has 0 bridgehead atoms. The number of hydrogen-bond acceptors (Lipinski definition) is 4. The van der Waals surface area contributed by atoms with Crippen LogP contribution >= 0.6 is 39.3 Å². The second-order valence-electron chi connectivity index (χ2n) is 4.74. The molecule has 8 heteroatoms. The molecule has 0 saturated heterocycles. The maximum Gasteiger partial charge on any atom is 0.242 e. The Bertz CT molecular complexity index is 610. The molecule has 2 rings (SSSR count). The third-order valence-corrected chi connectivity index (χ3v) is 7.43. The normalized spacial score (nSPS) is 23.1. The van der Waals surface area contributed by atoms with Crippen LogP contribution in [0.4, 0.5) is 5.69 Å². The first-order valence-electron chi connectivity index (χ1n) is 6.15. The fourth-order valence-electron chi connectivity index (χ4n) is 2.39. The zero-order valence-corrected chi connectivity index (χ0v) is 14.9. The van der Waals surface area contributed by atoms with Crippen molar-refractivity contribution >= 4 is 55.0 Å². The van der Waals surface area contributed by atoms with Gasteiger partial charge in [-0.2, -0.15) is 11.8 Å². The maximum atomic E-state index is 12.5. The molecule has 1 aromatic carbocycles. The van der Waals surface area contributed by atoms with Gasteiger partial charge in [-0.1, -0.05) is 18.0 Å². The number of rotatable bonds is 4. The average molecular weight is 400 g/mol. The Labute approximate surface area is 137 Å². The Balaban J connectivity index is 2.31. The molecular formula is C12H16BrClN2O2S2. The van der Waals surface area contributed by atoms with Gasteiger partial charge < -0.3 is 5.73 Å². The number of nitrogens with two attached hydrogens (primary N) is 1.